The van der Waals surface area contributed by atoms with Crippen LogP contribution >= 0.6 is 23.2 Å². The van der Waals surface area contributed by atoms with E-state index in [-0.39, 0.29) is 42.8 Å². The maximum Gasteiger partial charge on any atom is 0.417 e. The molecule has 0 fully saturated rings. The zero-order valence-corrected chi connectivity index (χ0v) is 45.8. The number of nitrogens with zero attached hydrogens (tertiary/aromatic N) is 3. The number of hydrogen-bond donors (Lipinski definition) is 0. The van der Waals surface area contributed by atoms with Crippen LogP contribution in [0.15, 0.2) is 79.3 Å². The Morgan fingerprint density at radius 2 is 0.649 bits per heavy atom. The van der Waals surface area contributed by atoms with Crippen LogP contribution in [0.2, 0.25) is 10.0 Å². The Morgan fingerprint density at radius 3 is 1.03 bits per heavy atom. The van der Waals surface area contributed by atoms with Crippen molar-refractivity contribution in [1.29, 1.82) is 0 Å². The Kier molecular flexibility index (Phi) is 22.0. The van der Waals surface area contributed by atoms with Gasteiger partial charge in [0.25, 0.3) is 0 Å². The number of alkyl halides is 15. The Balaban J connectivity index is 0.000000463. The van der Waals surface area contributed by atoms with Crippen LogP contribution in [0.3, 0.4) is 0 Å². The van der Waals surface area contributed by atoms with Crippen molar-refractivity contribution in [2.75, 3.05) is 0 Å². The second-order valence-corrected chi connectivity index (χ2v) is 23.1. The van der Waals surface area contributed by atoms with Gasteiger partial charge in [-0.2, -0.15) is 65.9 Å². The lowest BCUT2D eigenvalue weighted by Gasteiger charge is -2.21. The maximum atomic E-state index is 12.6. The third kappa shape index (κ3) is 21.6. The topological polar surface area (TPSA) is 38.7 Å². The van der Waals surface area contributed by atoms with E-state index in [0.717, 1.165) is 36.5 Å². The smallest absolute Gasteiger partial charge is 0.261 e. The Labute approximate surface area is 434 Å². The molecule has 0 saturated carbocycles. The van der Waals surface area contributed by atoms with Crippen LogP contribution in [-0.2, 0) is 58.0 Å². The first kappa shape index (κ1) is 67.4. The Morgan fingerprint density at radius 1 is 0.311 bits per heavy atom. The van der Waals surface area contributed by atoms with E-state index >= 15 is 0 Å². The van der Waals surface area contributed by atoms with Crippen molar-refractivity contribution in [3.63, 3.8) is 0 Å². The van der Waals surface area contributed by atoms with Gasteiger partial charge in [0.05, 0.1) is 37.9 Å². The predicted octanol–water partition coefficient (Wildman–Crippen LogP) is 20.1. The standard InChI is InChI=1S/C12H15F3.C11H12ClF3.C11H14F3N.C10H11ClF3N.C10H12F3N/c1-8-5-6-9(11(2,3)4)7-10(8)12(13,14)15;1-10(2,3)7-4-5-9(12)8(6-7)11(13,14)15;1-7-6-15-9(10(2,3)4)5-8(7)11(12,13)14;1-9(2,3)8-4-6(10(12,13)14)7(11)5-15-8;1-9(2,3)8-6-7(4-5-14-8)10(11,12)13/h5-7H,1-4H3;4-6H,1-3H3;5-6H,1-4H3;4-5H,1-3H3;4-6H,1-3H3. The number of benzene rings is 2. The summed E-state index contributed by atoms with van der Waals surface area (Å²) in [6.45, 7) is 30.6. The van der Waals surface area contributed by atoms with Gasteiger partial charge in [0.2, 0.25) is 0 Å². The number of hydrogen-bond acceptors (Lipinski definition) is 3. The molecule has 0 aliphatic rings. The quantitative estimate of drug-likeness (QED) is 0.145. The number of rotatable bonds is 0. The van der Waals surface area contributed by atoms with E-state index in [4.69, 9.17) is 23.2 Å². The molecule has 0 amide bonds. The van der Waals surface area contributed by atoms with E-state index in [9.17, 15) is 65.9 Å². The average Bonchev–Trinajstić information content (AvgIpc) is 3.18. The lowest BCUT2D eigenvalue weighted by Crippen LogP contribution is -2.17. The predicted molar refractivity (Wildman–Crippen MR) is 264 cm³/mol. The fourth-order valence-corrected chi connectivity index (χ4v) is 6.36. The summed E-state index contributed by atoms with van der Waals surface area (Å²) in [4.78, 5) is 11.8. The van der Waals surface area contributed by atoms with Crippen LogP contribution in [0.1, 0.15) is 171 Å². The van der Waals surface area contributed by atoms with Gasteiger partial charge in [-0.05, 0) is 89.4 Å². The van der Waals surface area contributed by atoms with Crippen molar-refractivity contribution in [2.45, 2.75) is 176 Å². The van der Waals surface area contributed by atoms with Gasteiger partial charge >= 0.3 is 30.9 Å². The summed E-state index contributed by atoms with van der Waals surface area (Å²) in [5.41, 5.74) is -2.04. The summed E-state index contributed by atoms with van der Waals surface area (Å²) < 4.78 is 188. The lowest BCUT2D eigenvalue weighted by atomic mass is 9.85. The largest absolute Gasteiger partial charge is 0.417 e. The maximum absolute atomic E-state index is 12.6. The molecule has 0 bridgehead atoms. The molecule has 0 unspecified atom stereocenters. The molecule has 5 rings (SSSR count). The first-order valence-electron chi connectivity index (χ1n) is 22.6. The molecule has 74 heavy (non-hydrogen) atoms. The highest BCUT2D eigenvalue weighted by Crippen LogP contribution is 2.40. The van der Waals surface area contributed by atoms with Crippen molar-refractivity contribution < 1.29 is 65.9 Å². The summed E-state index contributed by atoms with van der Waals surface area (Å²) in [6, 6.07) is 12.8. The molecule has 0 atom stereocenters. The molecule has 0 N–H and O–H groups in total. The minimum atomic E-state index is -4.43. The number of halogens is 17. The zero-order chi connectivity index (χ0) is 58.4. The minimum absolute atomic E-state index is 0.163. The van der Waals surface area contributed by atoms with Gasteiger partial charge in [-0.15, -0.1) is 0 Å². The number of aromatic nitrogens is 3. The molecule has 0 aliphatic heterocycles. The first-order chi connectivity index (χ1) is 32.7. The SMILES string of the molecule is CC(C)(C)c1cc(C(F)(F)F)c(Cl)cn1.CC(C)(C)c1cc(C(F)(F)F)ccn1.CC(C)(C)c1ccc(Cl)c(C(F)(F)F)c1.Cc1ccc(C(C)(C)C)cc1C(F)(F)F.Cc1cnc(C(C)(C)C)cc1C(F)(F)F. The normalized spacial score (nSPS) is 13.0. The molecule has 3 heterocycles. The van der Waals surface area contributed by atoms with Crippen molar-refractivity contribution in [3.05, 3.63) is 156 Å². The summed E-state index contributed by atoms with van der Waals surface area (Å²) in [5.74, 6) is 0. The van der Waals surface area contributed by atoms with Gasteiger partial charge in [0.1, 0.15) is 0 Å². The van der Waals surface area contributed by atoms with E-state index < -0.39 is 64.1 Å². The van der Waals surface area contributed by atoms with Gasteiger partial charge in [-0.3, -0.25) is 15.0 Å². The molecule has 0 saturated heterocycles. The van der Waals surface area contributed by atoms with Gasteiger partial charge in [-0.1, -0.05) is 145 Å². The summed E-state index contributed by atoms with van der Waals surface area (Å²) >= 11 is 11.0. The fourth-order valence-electron chi connectivity index (χ4n) is 5.93. The molecule has 3 aromatic heterocycles. The van der Waals surface area contributed by atoms with Gasteiger partial charge in [-0.25, -0.2) is 0 Å². The van der Waals surface area contributed by atoms with Crippen LogP contribution in [0.25, 0.3) is 0 Å². The zero-order valence-electron chi connectivity index (χ0n) is 44.3. The molecular formula is C54H64Cl2F15N3. The Hall–Kier alpha value is -4.58. The van der Waals surface area contributed by atoms with Gasteiger partial charge < -0.3 is 0 Å². The fraction of sp³-hybridized carbons (Fsp3) is 0.500. The highest BCUT2D eigenvalue weighted by molar-refractivity contribution is 6.31. The molecule has 2 aromatic carbocycles. The molecule has 0 aliphatic carbocycles. The second kappa shape index (κ2) is 24.2. The van der Waals surface area contributed by atoms with Crippen LogP contribution in [0.4, 0.5) is 65.9 Å². The minimum Gasteiger partial charge on any atom is -0.261 e. The first-order valence-corrected chi connectivity index (χ1v) is 23.3. The average molecular weight is 1110 g/mol. The van der Waals surface area contributed by atoms with Crippen LogP contribution < -0.4 is 0 Å². The molecule has 20 heteroatoms. The number of aryl methyl sites for hydroxylation is 2. The van der Waals surface area contributed by atoms with Crippen molar-refractivity contribution in [2.24, 2.45) is 0 Å². The molecule has 0 spiro atoms. The van der Waals surface area contributed by atoms with E-state index in [1.807, 2.05) is 83.1 Å². The lowest BCUT2D eigenvalue weighted by molar-refractivity contribution is -0.139. The van der Waals surface area contributed by atoms with E-state index in [1.165, 1.54) is 44.4 Å². The molecular weight excluding hydrogens is 1050 g/mol. The highest BCUT2D eigenvalue weighted by Gasteiger charge is 2.37. The summed E-state index contributed by atoms with van der Waals surface area (Å²) in [7, 11) is 0. The third-order valence-electron chi connectivity index (χ3n) is 10.5. The molecule has 414 valence electrons. The van der Waals surface area contributed by atoms with Crippen molar-refractivity contribution in [3.8, 4) is 0 Å². The highest BCUT2D eigenvalue weighted by atomic mass is 35.5. The van der Waals surface area contributed by atoms with Crippen molar-refractivity contribution >= 4 is 23.2 Å². The summed E-state index contributed by atoms with van der Waals surface area (Å²) in [5, 5.41) is -0.619. The van der Waals surface area contributed by atoms with Crippen LogP contribution in [0, 0.1) is 13.8 Å². The van der Waals surface area contributed by atoms with Crippen molar-refractivity contribution in [1.82, 2.24) is 15.0 Å². The van der Waals surface area contributed by atoms with E-state index in [0.29, 0.717) is 28.2 Å². The molecule has 0 radical (unpaired) electrons. The van der Waals surface area contributed by atoms with E-state index in [2.05, 4.69) is 15.0 Å². The molecule has 3 nitrogen and oxygen atoms in total. The monoisotopic (exact) mass is 1110 g/mol. The van der Waals surface area contributed by atoms with Crippen LogP contribution in [-0.4, -0.2) is 15.0 Å². The third-order valence-corrected chi connectivity index (χ3v) is 11.1. The summed E-state index contributed by atoms with van der Waals surface area (Å²) in [6.07, 6.45) is -18.1. The van der Waals surface area contributed by atoms with Gasteiger partial charge in [0.15, 0.2) is 0 Å². The Bertz CT molecular complexity index is 2290. The van der Waals surface area contributed by atoms with Gasteiger partial charge in [0, 0.05) is 51.9 Å². The molecule has 5 aromatic rings. The number of pyridine rings is 3. The van der Waals surface area contributed by atoms with Crippen LogP contribution in [0.5, 0.6) is 0 Å². The van der Waals surface area contributed by atoms with E-state index in [1.54, 1.807) is 32.9 Å². The second-order valence-electron chi connectivity index (χ2n) is 22.3.